The summed E-state index contributed by atoms with van der Waals surface area (Å²) in [7, 11) is 0. The molecule has 0 saturated heterocycles. The normalized spacial score (nSPS) is 11.7. The van der Waals surface area contributed by atoms with Gasteiger partial charge in [-0.2, -0.15) is 0 Å². The van der Waals surface area contributed by atoms with E-state index in [1.165, 1.54) is 32.1 Å². The van der Waals surface area contributed by atoms with Gasteiger partial charge in [0.2, 0.25) is 0 Å². The highest BCUT2D eigenvalue weighted by atomic mass is 16.1. The molecule has 0 amide bonds. The molecule has 0 aromatic carbocycles. The molecule has 0 N–H and O–H groups in total. The highest BCUT2D eigenvalue weighted by Crippen LogP contribution is 2.07. The molecule has 0 rings (SSSR count). The molecule has 0 aliphatic heterocycles. The molecule has 13 heavy (non-hydrogen) atoms. The minimum atomic E-state index is 0.873. The first-order chi connectivity index (χ1) is 6.35. The minimum absolute atomic E-state index is 0.873. The van der Waals surface area contributed by atoms with E-state index in [9.17, 15) is 4.79 Å². The van der Waals surface area contributed by atoms with Crippen molar-refractivity contribution in [1.82, 2.24) is 0 Å². The second-order valence-corrected chi connectivity index (χ2v) is 3.45. The Balaban J connectivity index is 3.32. The predicted octanol–water partition coefficient (Wildman–Crippen LogP) is 3.88. The molecule has 0 atom stereocenters. The Labute approximate surface area is 82.2 Å². The van der Waals surface area contributed by atoms with E-state index < -0.39 is 0 Å². The van der Waals surface area contributed by atoms with Crippen LogP contribution in [0.1, 0.15) is 58.8 Å². The van der Waals surface area contributed by atoms with E-state index in [0.29, 0.717) is 0 Å². The Morgan fingerprint density at radius 3 is 2.31 bits per heavy atom. The van der Waals surface area contributed by atoms with Crippen LogP contribution in [0.25, 0.3) is 0 Å². The topological polar surface area (TPSA) is 17.1 Å². The van der Waals surface area contributed by atoms with Crippen molar-refractivity contribution in [2.45, 2.75) is 58.8 Å². The van der Waals surface area contributed by atoms with Crippen LogP contribution in [0.3, 0.4) is 0 Å². The maximum Gasteiger partial charge on any atom is 0.145 e. The van der Waals surface area contributed by atoms with E-state index in [0.717, 1.165) is 24.7 Å². The van der Waals surface area contributed by atoms with Crippen LogP contribution in [0.4, 0.5) is 0 Å². The van der Waals surface area contributed by atoms with Crippen molar-refractivity contribution in [1.29, 1.82) is 0 Å². The largest absolute Gasteiger partial charge is 0.298 e. The van der Waals surface area contributed by atoms with E-state index in [1.807, 2.05) is 6.92 Å². The number of hydrogen-bond acceptors (Lipinski definition) is 1. The lowest BCUT2D eigenvalue weighted by Crippen LogP contribution is -1.82. The molecule has 0 spiro atoms. The second kappa shape index (κ2) is 9.50. The van der Waals surface area contributed by atoms with Crippen LogP contribution in [-0.4, -0.2) is 6.29 Å². The Bertz CT molecular complexity index is 147. The van der Waals surface area contributed by atoms with Gasteiger partial charge in [-0.05, 0) is 24.8 Å². The zero-order chi connectivity index (χ0) is 9.94. The molecule has 0 aliphatic carbocycles. The molecule has 1 nitrogen and oxygen atoms in total. The number of aldehydes is 1. The van der Waals surface area contributed by atoms with Gasteiger partial charge < -0.3 is 0 Å². The molecular formula is C12H22O. The summed E-state index contributed by atoms with van der Waals surface area (Å²) in [6.07, 6.45) is 11.5. The fourth-order valence-corrected chi connectivity index (χ4v) is 1.31. The van der Waals surface area contributed by atoms with Gasteiger partial charge in [0.05, 0.1) is 0 Å². The third-order valence-electron chi connectivity index (χ3n) is 2.27. The van der Waals surface area contributed by atoms with Gasteiger partial charge in [-0.15, -0.1) is 0 Å². The van der Waals surface area contributed by atoms with E-state index in [-0.39, 0.29) is 0 Å². The summed E-state index contributed by atoms with van der Waals surface area (Å²) in [5.41, 5.74) is 0.954. The van der Waals surface area contributed by atoms with Crippen molar-refractivity contribution in [2.24, 2.45) is 0 Å². The first-order valence-electron chi connectivity index (χ1n) is 5.49. The minimum Gasteiger partial charge on any atom is -0.298 e. The Kier molecular flexibility index (Phi) is 9.07. The van der Waals surface area contributed by atoms with Crippen LogP contribution in [0.2, 0.25) is 0 Å². The van der Waals surface area contributed by atoms with Gasteiger partial charge in [-0.3, -0.25) is 4.79 Å². The summed E-state index contributed by atoms with van der Waals surface area (Å²) in [5.74, 6) is 0. The van der Waals surface area contributed by atoms with Crippen LogP contribution in [0.5, 0.6) is 0 Å². The number of rotatable bonds is 8. The van der Waals surface area contributed by atoms with Crippen LogP contribution in [0.15, 0.2) is 11.6 Å². The molecule has 0 fully saturated rings. The molecule has 0 radical (unpaired) electrons. The lowest BCUT2D eigenvalue weighted by atomic mass is 10.1. The maximum absolute atomic E-state index is 10.4. The fraction of sp³-hybridized carbons (Fsp3) is 0.750. The second-order valence-electron chi connectivity index (χ2n) is 3.45. The van der Waals surface area contributed by atoms with Gasteiger partial charge in [0.15, 0.2) is 0 Å². The average molecular weight is 182 g/mol. The monoisotopic (exact) mass is 182 g/mol. The standard InChI is InChI=1S/C12H22O/c1-3-5-6-7-8-9-10-12(4-2)11-13/h10-11H,3-9H2,1-2H3/b12-10+. The Morgan fingerprint density at radius 2 is 1.77 bits per heavy atom. The van der Waals surface area contributed by atoms with Crippen molar-refractivity contribution in [2.75, 3.05) is 0 Å². The van der Waals surface area contributed by atoms with E-state index in [1.54, 1.807) is 0 Å². The van der Waals surface area contributed by atoms with Gasteiger partial charge in [-0.1, -0.05) is 45.6 Å². The predicted molar refractivity (Wildman–Crippen MR) is 57.8 cm³/mol. The molecule has 76 valence electrons. The number of hydrogen-bond donors (Lipinski definition) is 0. The summed E-state index contributed by atoms with van der Waals surface area (Å²) in [5, 5.41) is 0. The first kappa shape index (κ1) is 12.4. The third kappa shape index (κ3) is 7.76. The average Bonchev–Trinajstić information content (AvgIpc) is 2.17. The lowest BCUT2D eigenvalue weighted by molar-refractivity contribution is -0.105. The van der Waals surface area contributed by atoms with Gasteiger partial charge in [0.25, 0.3) is 0 Å². The van der Waals surface area contributed by atoms with Crippen molar-refractivity contribution in [3.05, 3.63) is 11.6 Å². The molecule has 0 aromatic rings. The lowest BCUT2D eigenvalue weighted by Gasteiger charge is -1.97. The van der Waals surface area contributed by atoms with Crippen molar-refractivity contribution in [3.8, 4) is 0 Å². The van der Waals surface area contributed by atoms with Crippen molar-refractivity contribution < 1.29 is 4.79 Å². The zero-order valence-corrected chi connectivity index (χ0v) is 9.01. The molecule has 1 heteroatoms. The quantitative estimate of drug-likeness (QED) is 0.316. The number of carbonyl (C=O) groups is 1. The van der Waals surface area contributed by atoms with Crippen LogP contribution >= 0.6 is 0 Å². The van der Waals surface area contributed by atoms with Crippen molar-refractivity contribution >= 4 is 6.29 Å². The zero-order valence-electron chi connectivity index (χ0n) is 9.01. The van der Waals surface area contributed by atoms with Crippen LogP contribution in [0, 0.1) is 0 Å². The van der Waals surface area contributed by atoms with Crippen LogP contribution in [-0.2, 0) is 4.79 Å². The Morgan fingerprint density at radius 1 is 1.08 bits per heavy atom. The SMILES string of the molecule is CCCCCCC/C=C(/C=O)CC. The van der Waals surface area contributed by atoms with Gasteiger partial charge in [-0.25, -0.2) is 0 Å². The molecule has 0 aliphatic rings. The molecule has 0 unspecified atom stereocenters. The van der Waals surface area contributed by atoms with Gasteiger partial charge in [0.1, 0.15) is 6.29 Å². The van der Waals surface area contributed by atoms with Gasteiger partial charge >= 0.3 is 0 Å². The van der Waals surface area contributed by atoms with Gasteiger partial charge in [0, 0.05) is 0 Å². The third-order valence-corrected chi connectivity index (χ3v) is 2.27. The summed E-state index contributed by atoms with van der Waals surface area (Å²) >= 11 is 0. The molecular weight excluding hydrogens is 160 g/mol. The van der Waals surface area contributed by atoms with E-state index in [4.69, 9.17) is 0 Å². The number of unbranched alkanes of at least 4 members (excludes halogenated alkanes) is 5. The maximum atomic E-state index is 10.4. The van der Waals surface area contributed by atoms with Crippen molar-refractivity contribution in [3.63, 3.8) is 0 Å². The number of carbonyl (C=O) groups excluding carboxylic acids is 1. The van der Waals surface area contributed by atoms with Crippen LogP contribution < -0.4 is 0 Å². The smallest absolute Gasteiger partial charge is 0.145 e. The highest BCUT2D eigenvalue weighted by molar-refractivity contribution is 5.72. The molecule has 0 saturated carbocycles. The fourth-order valence-electron chi connectivity index (χ4n) is 1.31. The summed E-state index contributed by atoms with van der Waals surface area (Å²) in [6.45, 7) is 4.25. The highest BCUT2D eigenvalue weighted by Gasteiger charge is 1.90. The first-order valence-corrected chi connectivity index (χ1v) is 5.49. The summed E-state index contributed by atoms with van der Waals surface area (Å²) in [6, 6.07) is 0. The van der Waals surface area contributed by atoms with E-state index >= 15 is 0 Å². The molecule has 0 aromatic heterocycles. The number of allylic oxidation sites excluding steroid dienone is 2. The van der Waals surface area contributed by atoms with E-state index in [2.05, 4.69) is 13.0 Å². The molecule has 0 heterocycles. The Hall–Kier alpha value is -0.590. The molecule has 0 bridgehead atoms. The summed E-state index contributed by atoms with van der Waals surface area (Å²) < 4.78 is 0. The summed E-state index contributed by atoms with van der Waals surface area (Å²) in [4.78, 5) is 10.4.